The molecule has 0 saturated carbocycles. The summed E-state index contributed by atoms with van der Waals surface area (Å²) in [5.74, 6) is 6.33. The number of aldehydes is 1. The van der Waals surface area contributed by atoms with Crippen LogP contribution in [-0.2, 0) is 9.16 Å². The Bertz CT molecular complexity index is 925. The van der Waals surface area contributed by atoms with Crippen molar-refractivity contribution in [3.63, 3.8) is 0 Å². The fourth-order valence-corrected chi connectivity index (χ4v) is 4.24. The molecule has 0 N–H and O–H groups in total. The lowest BCUT2D eigenvalue weighted by molar-refractivity contribution is -0.0366. The third kappa shape index (κ3) is 4.97. The van der Waals surface area contributed by atoms with E-state index in [2.05, 4.69) is 50.8 Å². The van der Waals surface area contributed by atoms with Gasteiger partial charge in [0.15, 0.2) is 20.8 Å². The van der Waals surface area contributed by atoms with Crippen LogP contribution in [0.2, 0.25) is 18.1 Å². The van der Waals surface area contributed by atoms with Crippen LogP contribution in [0.4, 0.5) is 0 Å². The Balaban J connectivity index is 1.74. The molecule has 1 atom stereocenters. The number of hydrogen-bond donors (Lipinski definition) is 0. The number of fused-ring (bicyclic) bond motifs is 1. The summed E-state index contributed by atoms with van der Waals surface area (Å²) in [6.07, 6.45) is 6.47. The van der Waals surface area contributed by atoms with Crippen LogP contribution in [0.25, 0.3) is 10.9 Å². The number of rotatable bonds is 5. The van der Waals surface area contributed by atoms with Crippen LogP contribution in [0.3, 0.4) is 0 Å². The average molecular weight is 413 g/mol. The van der Waals surface area contributed by atoms with E-state index in [-0.39, 0.29) is 11.3 Å². The quantitative estimate of drug-likeness (QED) is 0.289. The van der Waals surface area contributed by atoms with Crippen molar-refractivity contribution in [1.29, 1.82) is 0 Å². The molecule has 2 heterocycles. The van der Waals surface area contributed by atoms with Gasteiger partial charge in [-0.05, 0) is 49.5 Å². The van der Waals surface area contributed by atoms with Gasteiger partial charge in [0.05, 0.1) is 11.7 Å². The van der Waals surface area contributed by atoms with Gasteiger partial charge in [-0.3, -0.25) is 4.79 Å². The molecular weight excluding hydrogens is 380 g/mol. The molecule has 1 aliphatic heterocycles. The van der Waals surface area contributed by atoms with E-state index in [1.807, 2.05) is 23.0 Å². The topological polar surface area (TPSA) is 53.4 Å². The van der Waals surface area contributed by atoms with E-state index in [4.69, 9.17) is 9.16 Å². The third-order valence-corrected chi connectivity index (χ3v) is 10.6. The molecule has 0 spiro atoms. The van der Waals surface area contributed by atoms with Crippen LogP contribution in [0.1, 0.15) is 68.6 Å². The summed E-state index contributed by atoms with van der Waals surface area (Å²) in [5.41, 5.74) is 2.25. The summed E-state index contributed by atoms with van der Waals surface area (Å²) >= 11 is 0. The van der Waals surface area contributed by atoms with Crippen molar-refractivity contribution in [1.82, 2.24) is 9.78 Å². The zero-order valence-electron chi connectivity index (χ0n) is 18.2. The summed E-state index contributed by atoms with van der Waals surface area (Å²) in [4.78, 5) is 11.7. The Morgan fingerprint density at radius 3 is 2.79 bits per heavy atom. The molecule has 156 valence electrons. The largest absolute Gasteiger partial charge is 0.416 e. The monoisotopic (exact) mass is 412 g/mol. The summed E-state index contributed by atoms with van der Waals surface area (Å²) in [7, 11) is -1.75. The minimum atomic E-state index is -1.75. The van der Waals surface area contributed by atoms with Crippen LogP contribution in [0.15, 0.2) is 18.3 Å². The molecule has 6 heteroatoms. The molecule has 0 amide bonds. The molecule has 0 bridgehead atoms. The summed E-state index contributed by atoms with van der Waals surface area (Å²) in [6, 6.07) is 3.83. The maximum atomic E-state index is 11.7. The van der Waals surface area contributed by atoms with Crippen LogP contribution < -0.4 is 0 Å². The molecule has 1 aliphatic rings. The summed E-state index contributed by atoms with van der Waals surface area (Å²) in [6.45, 7) is 12.6. The van der Waals surface area contributed by atoms with E-state index < -0.39 is 8.32 Å². The van der Waals surface area contributed by atoms with E-state index in [1.165, 1.54) is 0 Å². The molecule has 1 fully saturated rings. The van der Waals surface area contributed by atoms with Gasteiger partial charge in [0.2, 0.25) is 0 Å². The Labute approximate surface area is 174 Å². The Morgan fingerprint density at radius 1 is 1.34 bits per heavy atom. The van der Waals surface area contributed by atoms with Crippen molar-refractivity contribution >= 4 is 25.5 Å². The normalized spacial score (nSPS) is 17.8. The van der Waals surface area contributed by atoms with Crippen molar-refractivity contribution in [2.45, 2.75) is 70.8 Å². The van der Waals surface area contributed by atoms with Gasteiger partial charge in [-0.15, -0.1) is 0 Å². The molecule has 3 rings (SSSR count). The highest BCUT2D eigenvalue weighted by atomic mass is 28.4. The first-order chi connectivity index (χ1) is 13.7. The van der Waals surface area contributed by atoms with E-state index in [1.54, 1.807) is 0 Å². The summed E-state index contributed by atoms with van der Waals surface area (Å²) in [5, 5.41) is 5.68. The lowest BCUT2D eigenvalue weighted by Gasteiger charge is -2.35. The maximum absolute atomic E-state index is 11.7. The van der Waals surface area contributed by atoms with Gasteiger partial charge in [-0.25, -0.2) is 4.68 Å². The van der Waals surface area contributed by atoms with Crippen LogP contribution in [0.5, 0.6) is 0 Å². The molecule has 1 saturated heterocycles. The molecule has 1 unspecified atom stereocenters. The first-order valence-electron chi connectivity index (χ1n) is 10.4. The zero-order chi connectivity index (χ0) is 21.1. The van der Waals surface area contributed by atoms with Crippen molar-refractivity contribution in [2.75, 3.05) is 13.2 Å². The van der Waals surface area contributed by atoms with Gasteiger partial charge in [-0.1, -0.05) is 32.6 Å². The average Bonchev–Trinajstić information content (AvgIpc) is 3.09. The number of carbonyl (C=O) groups excluding carboxylic acids is 1. The summed E-state index contributed by atoms with van der Waals surface area (Å²) < 4.78 is 13.9. The molecule has 0 aliphatic carbocycles. The van der Waals surface area contributed by atoms with Crippen molar-refractivity contribution in [3.8, 4) is 11.8 Å². The predicted molar refractivity (Wildman–Crippen MR) is 119 cm³/mol. The highest BCUT2D eigenvalue weighted by Crippen LogP contribution is 2.36. The zero-order valence-corrected chi connectivity index (χ0v) is 19.2. The SMILES string of the molecule is CC(C)(C)[Si](C)(C)OCCC#Cc1cc2cnn(C3CCCCO3)c2cc1C=O. The molecule has 0 radical (unpaired) electrons. The lowest BCUT2D eigenvalue weighted by atomic mass is 10.1. The number of carbonyl (C=O) groups is 1. The Morgan fingerprint density at radius 2 is 2.14 bits per heavy atom. The Hall–Kier alpha value is -1.94. The van der Waals surface area contributed by atoms with Gasteiger partial charge in [0.1, 0.15) is 0 Å². The van der Waals surface area contributed by atoms with E-state index in [0.717, 1.165) is 48.6 Å². The molecule has 1 aromatic heterocycles. The van der Waals surface area contributed by atoms with E-state index >= 15 is 0 Å². The van der Waals surface area contributed by atoms with Gasteiger partial charge in [0, 0.05) is 36.1 Å². The maximum Gasteiger partial charge on any atom is 0.192 e. The standard InChI is InChI=1S/C23H32N2O3Si/c1-23(2,3)29(4,5)28-13-9-6-10-18-14-19-16-24-25(21(19)15-20(18)17-26)22-11-7-8-12-27-22/h14-17,22H,7-9,11-13H2,1-5H3. The van der Waals surface area contributed by atoms with Gasteiger partial charge < -0.3 is 9.16 Å². The second-order valence-electron chi connectivity index (χ2n) is 9.19. The van der Waals surface area contributed by atoms with Crippen LogP contribution >= 0.6 is 0 Å². The molecule has 29 heavy (non-hydrogen) atoms. The number of hydrogen-bond acceptors (Lipinski definition) is 4. The van der Waals surface area contributed by atoms with Crippen LogP contribution in [-0.4, -0.2) is 37.6 Å². The third-order valence-electron chi connectivity index (χ3n) is 6.04. The fourth-order valence-electron chi connectivity index (χ4n) is 3.19. The van der Waals surface area contributed by atoms with Crippen molar-refractivity contribution in [2.24, 2.45) is 0 Å². The van der Waals surface area contributed by atoms with Gasteiger partial charge in [0.25, 0.3) is 0 Å². The van der Waals surface area contributed by atoms with E-state index in [9.17, 15) is 4.79 Å². The second kappa shape index (κ2) is 8.82. The number of benzene rings is 1. The number of ether oxygens (including phenoxy) is 1. The molecular formula is C23H32N2O3Si. The van der Waals surface area contributed by atoms with Crippen molar-refractivity contribution in [3.05, 3.63) is 29.5 Å². The van der Waals surface area contributed by atoms with Crippen LogP contribution in [0, 0.1) is 11.8 Å². The molecule has 2 aromatic rings. The first-order valence-corrected chi connectivity index (χ1v) is 13.3. The Kier molecular flexibility index (Phi) is 6.62. The second-order valence-corrected chi connectivity index (χ2v) is 14.0. The van der Waals surface area contributed by atoms with Gasteiger partial charge in [-0.2, -0.15) is 5.10 Å². The highest BCUT2D eigenvalue weighted by Gasteiger charge is 2.36. The molecule has 5 nitrogen and oxygen atoms in total. The number of nitrogens with zero attached hydrogens (tertiary/aromatic N) is 2. The predicted octanol–water partition coefficient (Wildman–Crippen LogP) is 5.31. The minimum Gasteiger partial charge on any atom is -0.416 e. The first kappa shape index (κ1) is 21.8. The van der Waals surface area contributed by atoms with E-state index in [0.29, 0.717) is 18.6 Å². The number of aromatic nitrogens is 2. The highest BCUT2D eigenvalue weighted by molar-refractivity contribution is 6.74. The minimum absolute atomic E-state index is 0.0508. The lowest BCUT2D eigenvalue weighted by Crippen LogP contribution is -2.40. The molecule has 1 aromatic carbocycles. The smallest absolute Gasteiger partial charge is 0.192 e. The van der Waals surface area contributed by atoms with Gasteiger partial charge >= 0.3 is 0 Å². The fraction of sp³-hybridized carbons (Fsp3) is 0.565. The van der Waals surface area contributed by atoms with Crippen molar-refractivity contribution < 1.29 is 14.0 Å².